The number of benzene rings is 10. The van der Waals surface area contributed by atoms with Crippen molar-refractivity contribution < 1.29 is 0 Å². The Kier molecular flexibility index (Phi) is 8.87. The maximum Gasteiger partial charge on any atom is 0.0547 e. The predicted molar refractivity (Wildman–Crippen MR) is 255 cm³/mol. The lowest BCUT2D eigenvalue weighted by atomic mass is 9.87. The Morgan fingerprint density at radius 1 is 0.317 bits per heavy atom. The summed E-state index contributed by atoms with van der Waals surface area (Å²) in [6, 6.07) is 88.0. The molecule has 0 bridgehead atoms. The van der Waals surface area contributed by atoms with E-state index in [-0.39, 0.29) is 0 Å². The lowest BCUT2D eigenvalue weighted by molar-refractivity contribution is 1.18. The van der Waals surface area contributed by atoms with E-state index in [9.17, 15) is 0 Å². The van der Waals surface area contributed by atoms with Gasteiger partial charge in [-0.25, -0.2) is 0 Å². The van der Waals surface area contributed by atoms with Crippen molar-refractivity contribution in [3.8, 4) is 50.2 Å². The summed E-state index contributed by atoms with van der Waals surface area (Å²) in [5, 5.41) is 4.89. The smallest absolute Gasteiger partial charge is 0.0547 e. The first-order valence-electron chi connectivity index (χ1n) is 20.6. The zero-order valence-corrected chi connectivity index (χ0v) is 33.0. The first-order valence-corrected chi connectivity index (χ1v) is 20.6. The van der Waals surface area contributed by atoms with Crippen LogP contribution < -0.4 is 4.90 Å². The normalized spacial score (nSPS) is 11.3. The van der Waals surface area contributed by atoms with E-state index in [1.165, 1.54) is 71.5 Å². The van der Waals surface area contributed by atoms with Gasteiger partial charge < -0.3 is 9.47 Å². The van der Waals surface area contributed by atoms with Crippen molar-refractivity contribution in [1.29, 1.82) is 0 Å². The van der Waals surface area contributed by atoms with E-state index in [0.29, 0.717) is 0 Å². The fraction of sp³-hybridized carbons (Fsp3) is 0. The summed E-state index contributed by atoms with van der Waals surface area (Å²) < 4.78 is 2.39. The van der Waals surface area contributed by atoms with Crippen molar-refractivity contribution in [3.05, 3.63) is 243 Å². The monoisotopic (exact) mass is 764 g/mol. The summed E-state index contributed by atoms with van der Waals surface area (Å²) in [6.45, 7) is 0. The fourth-order valence-electron chi connectivity index (χ4n) is 9.11. The quantitative estimate of drug-likeness (QED) is 0.150. The molecule has 0 amide bonds. The van der Waals surface area contributed by atoms with Crippen LogP contribution in [0.3, 0.4) is 0 Å². The first kappa shape index (κ1) is 35.2. The fourth-order valence-corrected chi connectivity index (χ4v) is 9.11. The average Bonchev–Trinajstić information content (AvgIpc) is 3.67. The first-order chi connectivity index (χ1) is 29.8. The molecule has 2 heteroatoms. The van der Waals surface area contributed by atoms with Crippen molar-refractivity contribution in [2.45, 2.75) is 0 Å². The van der Waals surface area contributed by atoms with Gasteiger partial charge >= 0.3 is 0 Å². The molecule has 0 fully saturated rings. The highest BCUT2D eigenvalue weighted by molar-refractivity contribution is 6.16. The number of anilines is 3. The van der Waals surface area contributed by atoms with Gasteiger partial charge in [-0.15, -0.1) is 0 Å². The van der Waals surface area contributed by atoms with E-state index in [4.69, 9.17) is 0 Å². The molecule has 10 aromatic carbocycles. The summed E-state index contributed by atoms with van der Waals surface area (Å²) in [5.41, 5.74) is 16.2. The SMILES string of the molecule is c1ccc(-c2ccccc2-c2c(-c3ccccc3)cccc2N(c2cccc(-c3cccc4c3c3ccccc3n4-c3ccccc3)c2)c2ccc3ccccc3c2)cc1. The second-order valence-corrected chi connectivity index (χ2v) is 15.3. The second-order valence-electron chi connectivity index (χ2n) is 15.3. The summed E-state index contributed by atoms with van der Waals surface area (Å²) in [5.74, 6) is 0. The molecule has 1 aromatic heterocycles. The van der Waals surface area contributed by atoms with E-state index in [1.54, 1.807) is 0 Å². The standard InChI is InChI=1S/C58H40N2/c1-4-20-42(21-5-1)49-29-12-13-30-52(49)57-50(43-22-6-2-7-23-43)32-17-35-55(57)59(48-38-37-41-19-10-11-24-44(41)39-48)47-28-16-25-45(40-47)51-33-18-36-56-58(51)53-31-14-15-34-54(53)60(56)46-26-8-3-9-27-46/h1-40H. The third-order valence-corrected chi connectivity index (χ3v) is 11.8. The number of hydrogen-bond donors (Lipinski definition) is 0. The van der Waals surface area contributed by atoms with Gasteiger partial charge in [0, 0.05) is 33.4 Å². The number of hydrogen-bond acceptors (Lipinski definition) is 1. The zero-order chi connectivity index (χ0) is 39.8. The minimum absolute atomic E-state index is 1.08. The van der Waals surface area contributed by atoms with E-state index in [0.717, 1.165) is 28.3 Å². The van der Waals surface area contributed by atoms with Crippen molar-refractivity contribution >= 4 is 49.6 Å². The Labute approximate surface area is 350 Å². The van der Waals surface area contributed by atoms with Gasteiger partial charge in [-0.1, -0.05) is 188 Å². The van der Waals surface area contributed by atoms with Gasteiger partial charge in [0.25, 0.3) is 0 Å². The minimum atomic E-state index is 1.08. The number of aromatic nitrogens is 1. The summed E-state index contributed by atoms with van der Waals surface area (Å²) in [4.78, 5) is 2.47. The Bertz CT molecular complexity index is 3310. The van der Waals surface area contributed by atoms with Crippen molar-refractivity contribution in [1.82, 2.24) is 4.57 Å². The molecule has 282 valence electrons. The van der Waals surface area contributed by atoms with Crippen LogP contribution in [-0.4, -0.2) is 4.57 Å². The van der Waals surface area contributed by atoms with Crippen molar-refractivity contribution in [2.75, 3.05) is 4.90 Å². The second kappa shape index (κ2) is 15.1. The lowest BCUT2D eigenvalue weighted by Crippen LogP contribution is -2.12. The highest BCUT2D eigenvalue weighted by Gasteiger charge is 2.24. The average molecular weight is 765 g/mol. The van der Waals surface area contributed by atoms with Crippen LogP contribution in [0.1, 0.15) is 0 Å². The topological polar surface area (TPSA) is 8.17 Å². The molecule has 0 N–H and O–H groups in total. The van der Waals surface area contributed by atoms with Gasteiger partial charge in [-0.3, -0.25) is 0 Å². The number of fused-ring (bicyclic) bond motifs is 4. The van der Waals surface area contributed by atoms with Crippen LogP contribution in [0.2, 0.25) is 0 Å². The molecule has 0 atom stereocenters. The predicted octanol–water partition coefficient (Wildman–Crippen LogP) is 16.1. The van der Waals surface area contributed by atoms with E-state index < -0.39 is 0 Å². The van der Waals surface area contributed by atoms with Gasteiger partial charge in [-0.05, 0) is 104 Å². The Balaban J connectivity index is 1.19. The molecule has 0 unspecified atom stereocenters. The van der Waals surface area contributed by atoms with Crippen molar-refractivity contribution in [2.24, 2.45) is 0 Å². The van der Waals surface area contributed by atoms with Crippen LogP contribution in [0.4, 0.5) is 17.1 Å². The largest absolute Gasteiger partial charge is 0.310 e. The molecule has 0 aliphatic heterocycles. The van der Waals surface area contributed by atoms with Gasteiger partial charge in [0.2, 0.25) is 0 Å². The molecule has 0 aliphatic carbocycles. The Morgan fingerprint density at radius 2 is 0.867 bits per heavy atom. The third-order valence-electron chi connectivity index (χ3n) is 11.8. The molecule has 60 heavy (non-hydrogen) atoms. The molecule has 11 aromatic rings. The zero-order valence-electron chi connectivity index (χ0n) is 33.0. The van der Waals surface area contributed by atoms with E-state index in [1.807, 2.05) is 0 Å². The van der Waals surface area contributed by atoms with Crippen LogP contribution in [-0.2, 0) is 0 Å². The lowest BCUT2D eigenvalue weighted by Gasteiger charge is -2.30. The number of rotatable bonds is 8. The highest BCUT2D eigenvalue weighted by Crippen LogP contribution is 2.49. The maximum absolute atomic E-state index is 2.47. The molecule has 0 aliphatic rings. The maximum atomic E-state index is 2.47. The Morgan fingerprint density at radius 3 is 1.67 bits per heavy atom. The number of nitrogens with zero attached hydrogens (tertiary/aromatic N) is 2. The van der Waals surface area contributed by atoms with Gasteiger partial charge in [0.15, 0.2) is 0 Å². The van der Waals surface area contributed by atoms with Crippen LogP contribution in [0.25, 0.3) is 82.8 Å². The van der Waals surface area contributed by atoms with Gasteiger partial charge in [-0.2, -0.15) is 0 Å². The van der Waals surface area contributed by atoms with Gasteiger partial charge in [0.1, 0.15) is 0 Å². The van der Waals surface area contributed by atoms with Gasteiger partial charge in [0.05, 0.1) is 16.7 Å². The van der Waals surface area contributed by atoms with E-state index >= 15 is 0 Å². The van der Waals surface area contributed by atoms with Crippen LogP contribution in [0, 0.1) is 0 Å². The van der Waals surface area contributed by atoms with Crippen LogP contribution in [0.5, 0.6) is 0 Å². The molecular formula is C58H40N2. The summed E-state index contributed by atoms with van der Waals surface area (Å²) >= 11 is 0. The van der Waals surface area contributed by atoms with Crippen molar-refractivity contribution in [3.63, 3.8) is 0 Å². The minimum Gasteiger partial charge on any atom is -0.310 e. The highest BCUT2D eigenvalue weighted by atomic mass is 15.1. The van der Waals surface area contributed by atoms with E-state index in [2.05, 4.69) is 252 Å². The van der Waals surface area contributed by atoms with Crippen LogP contribution in [0.15, 0.2) is 243 Å². The van der Waals surface area contributed by atoms with Crippen LogP contribution >= 0.6 is 0 Å². The summed E-state index contributed by atoms with van der Waals surface area (Å²) in [6.07, 6.45) is 0. The molecule has 0 spiro atoms. The number of para-hydroxylation sites is 2. The molecule has 11 rings (SSSR count). The third kappa shape index (κ3) is 6.14. The molecular weight excluding hydrogens is 725 g/mol. The molecule has 1 heterocycles. The molecule has 2 nitrogen and oxygen atoms in total. The molecule has 0 saturated heterocycles. The molecule has 0 saturated carbocycles. The summed E-state index contributed by atoms with van der Waals surface area (Å²) in [7, 11) is 0. The molecule has 0 radical (unpaired) electrons. The Hall–Kier alpha value is -7.94.